The van der Waals surface area contributed by atoms with Crippen molar-refractivity contribution in [2.24, 2.45) is 0 Å². The molecule has 0 radical (unpaired) electrons. The molecule has 0 bridgehead atoms. The van der Waals surface area contributed by atoms with E-state index < -0.39 is 4.92 Å². The van der Waals surface area contributed by atoms with Crippen molar-refractivity contribution < 1.29 is 4.92 Å². The summed E-state index contributed by atoms with van der Waals surface area (Å²) in [6.45, 7) is 0. The summed E-state index contributed by atoms with van der Waals surface area (Å²) in [7, 11) is 0. The number of benzene rings is 4. The van der Waals surface area contributed by atoms with Crippen molar-refractivity contribution in [2.45, 2.75) is 0 Å². The van der Waals surface area contributed by atoms with E-state index in [0.29, 0.717) is 28.0 Å². The van der Waals surface area contributed by atoms with Crippen LogP contribution in [0.15, 0.2) is 95.8 Å². The van der Waals surface area contributed by atoms with E-state index in [1.165, 1.54) is 6.07 Å². The van der Waals surface area contributed by atoms with E-state index in [1.54, 1.807) is 53.1 Å². The van der Waals surface area contributed by atoms with E-state index in [4.69, 9.17) is 0 Å². The summed E-state index contributed by atoms with van der Waals surface area (Å²) in [6.07, 6.45) is 3.26. The summed E-state index contributed by atoms with van der Waals surface area (Å²) in [6, 6.07) is 27.3. The summed E-state index contributed by atoms with van der Waals surface area (Å²) in [4.78, 5) is 29.1. The molecule has 4 aromatic carbocycles. The van der Waals surface area contributed by atoms with Gasteiger partial charge in [0.15, 0.2) is 0 Å². The highest BCUT2D eigenvalue weighted by molar-refractivity contribution is 5.85. The molecule has 0 saturated heterocycles. The highest BCUT2D eigenvalue weighted by Crippen LogP contribution is 2.23. The maximum absolute atomic E-state index is 13.5. The van der Waals surface area contributed by atoms with Crippen LogP contribution >= 0.6 is 0 Å². The second kappa shape index (κ2) is 7.92. The Labute approximate surface area is 182 Å². The maximum Gasteiger partial charge on any atom is 0.276 e. The SMILES string of the molecule is O=c1c2ccccc2nc(/C=C\c2ccccc2[N+](=O)[O-])n1-c1ccc2ccccc2c1. The molecule has 6 heteroatoms. The quantitative estimate of drug-likeness (QED) is 0.280. The van der Waals surface area contributed by atoms with Crippen molar-refractivity contribution in [3.8, 4) is 5.69 Å². The van der Waals surface area contributed by atoms with E-state index in [-0.39, 0.29) is 11.2 Å². The number of hydrogen-bond donors (Lipinski definition) is 0. The predicted octanol–water partition coefficient (Wildman–Crippen LogP) is 5.62. The Balaban J connectivity index is 1.75. The van der Waals surface area contributed by atoms with Crippen molar-refractivity contribution >= 4 is 39.5 Å². The average Bonchev–Trinajstić information content (AvgIpc) is 2.82. The normalized spacial score (nSPS) is 11.4. The Bertz CT molecular complexity index is 1590. The van der Waals surface area contributed by atoms with Crippen LogP contribution in [0.1, 0.15) is 11.4 Å². The molecule has 5 rings (SSSR count). The van der Waals surface area contributed by atoms with Crippen LogP contribution in [-0.2, 0) is 0 Å². The van der Waals surface area contributed by atoms with Crippen molar-refractivity contribution in [2.75, 3.05) is 0 Å². The summed E-state index contributed by atoms with van der Waals surface area (Å²) < 4.78 is 1.54. The van der Waals surface area contributed by atoms with E-state index in [9.17, 15) is 14.9 Å². The molecule has 0 N–H and O–H groups in total. The lowest BCUT2D eigenvalue weighted by Crippen LogP contribution is -2.22. The molecule has 1 heterocycles. The monoisotopic (exact) mass is 419 g/mol. The van der Waals surface area contributed by atoms with Gasteiger partial charge in [-0.25, -0.2) is 4.98 Å². The molecule has 0 atom stereocenters. The van der Waals surface area contributed by atoms with E-state index in [0.717, 1.165) is 10.8 Å². The van der Waals surface area contributed by atoms with Gasteiger partial charge in [-0.1, -0.05) is 54.6 Å². The zero-order chi connectivity index (χ0) is 22.1. The number of nitro groups is 1. The molecule has 5 aromatic rings. The van der Waals surface area contributed by atoms with Crippen LogP contribution in [0, 0.1) is 10.1 Å². The van der Waals surface area contributed by atoms with Gasteiger partial charge in [0.1, 0.15) is 5.82 Å². The Hall–Kier alpha value is -4.58. The number of aromatic nitrogens is 2. The van der Waals surface area contributed by atoms with Crippen LogP contribution in [0.3, 0.4) is 0 Å². The zero-order valence-electron chi connectivity index (χ0n) is 16.9. The lowest BCUT2D eigenvalue weighted by Gasteiger charge is -2.12. The highest BCUT2D eigenvalue weighted by atomic mass is 16.6. The molecule has 0 unspecified atom stereocenters. The van der Waals surface area contributed by atoms with Crippen LogP contribution in [0.2, 0.25) is 0 Å². The van der Waals surface area contributed by atoms with Gasteiger partial charge >= 0.3 is 0 Å². The largest absolute Gasteiger partial charge is 0.276 e. The number of nitro benzene ring substituents is 1. The molecule has 0 aliphatic rings. The van der Waals surface area contributed by atoms with Gasteiger partial charge < -0.3 is 0 Å². The number of nitrogens with zero attached hydrogens (tertiary/aromatic N) is 3. The highest BCUT2D eigenvalue weighted by Gasteiger charge is 2.13. The fraction of sp³-hybridized carbons (Fsp3) is 0. The van der Waals surface area contributed by atoms with Crippen LogP contribution < -0.4 is 5.56 Å². The minimum Gasteiger partial charge on any atom is -0.268 e. The summed E-state index contributed by atoms with van der Waals surface area (Å²) >= 11 is 0. The summed E-state index contributed by atoms with van der Waals surface area (Å²) in [5.74, 6) is 0.391. The first kappa shape index (κ1) is 19.4. The average molecular weight is 419 g/mol. The van der Waals surface area contributed by atoms with Crippen LogP contribution in [-0.4, -0.2) is 14.5 Å². The van der Waals surface area contributed by atoms with Crippen LogP contribution in [0.25, 0.3) is 39.5 Å². The molecule has 0 aliphatic carbocycles. The van der Waals surface area contributed by atoms with Gasteiger partial charge in [-0.05, 0) is 53.3 Å². The van der Waals surface area contributed by atoms with Gasteiger partial charge in [0.05, 0.1) is 27.1 Å². The van der Waals surface area contributed by atoms with E-state index >= 15 is 0 Å². The Morgan fingerprint density at radius 2 is 1.53 bits per heavy atom. The van der Waals surface area contributed by atoms with E-state index in [2.05, 4.69) is 4.98 Å². The molecule has 0 aliphatic heterocycles. The fourth-order valence-electron chi connectivity index (χ4n) is 3.79. The van der Waals surface area contributed by atoms with Crippen molar-refractivity contribution in [1.82, 2.24) is 9.55 Å². The minimum atomic E-state index is -0.427. The fourth-order valence-corrected chi connectivity index (χ4v) is 3.79. The van der Waals surface area contributed by atoms with Crippen molar-refractivity contribution in [3.05, 3.63) is 123 Å². The smallest absolute Gasteiger partial charge is 0.268 e. The summed E-state index contributed by atoms with van der Waals surface area (Å²) in [5, 5.41) is 13.9. The molecule has 6 nitrogen and oxygen atoms in total. The summed E-state index contributed by atoms with van der Waals surface area (Å²) in [5.41, 5.74) is 1.47. The lowest BCUT2D eigenvalue weighted by molar-refractivity contribution is -0.385. The first-order chi connectivity index (χ1) is 15.6. The maximum atomic E-state index is 13.5. The molecular weight excluding hydrogens is 402 g/mol. The van der Waals surface area contributed by atoms with E-state index in [1.807, 2.05) is 48.5 Å². The second-order valence-corrected chi connectivity index (χ2v) is 7.31. The third kappa shape index (κ3) is 3.44. The molecule has 0 saturated carbocycles. The second-order valence-electron chi connectivity index (χ2n) is 7.31. The predicted molar refractivity (Wildman–Crippen MR) is 127 cm³/mol. The Morgan fingerprint density at radius 3 is 2.38 bits per heavy atom. The Morgan fingerprint density at radius 1 is 0.812 bits per heavy atom. The number of hydrogen-bond acceptors (Lipinski definition) is 4. The van der Waals surface area contributed by atoms with Gasteiger partial charge in [0, 0.05) is 6.07 Å². The van der Waals surface area contributed by atoms with Gasteiger partial charge in [-0.3, -0.25) is 19.5 Å². The molecule has 0 fully saturated rings. The molecule has 0 amide bonds. The van der Waals surface area contributed by atoms with Crippen LogP contribution in [0.4, 0.5) is 5.69 Å². The lowest BCUT2D eigenvalue weighted by atomic mass is 10.1. The molecule has 32 heavy (non-hydrogen) atoms. The third-order valence-electron chi connectivity index (χ3n) is 5.34. The first-order valence-electron chi connectivity index (χ1n) is 10.0. The third-order valence-corrected chi connectivity index (χ3v) is 5.34. The van der Waals surface area contributed by atoms with Crippen LogP contribution in [0.5, 0.6) is 0 Å². The van der Waals surface area contributed by atoms with Gasteiger partial charge in [-0.15, -0.1) is 0 Å². The molecular formula is C26H17N3O3. The topological polar surface area (TPSA) is 78.0 Å². The zero-order valence-corrected chi connectivity index (χ0v) is 16.9. The number of para-hydroxylation sites is 2. The molecule has 154 valence electrons. The number of rotatable bonds is 4. The number of fused-ring (bicyclic) bond motifs is 2. The van der Waals surface area contributed by atoms with Gasteiger partial charge in [0.25, 0.3) is 11.2 Å². The van der Waals surface area contributed by atoms with Crippen molar-refractivity contribution in [3.63, 3.8) is 0 Å². The first-order valence-corrected chi connectivity index (χ1v) is 10.0. The standard InChI is InChI=1S/C26H17N3O3/c30-26-22-10-4-5-11-23(22)27-25(16-14-19-8-3-6-12-24(19)29(31)32)28(26)21-15-13-18-7-1-2-9-20(18)17-21/h1-17H/b16-14-. The van der Waals surface area contributed by atoms with Gasteiger partial charge in [-0.2, -0.15) is 0 Å². The molecule has 1 aromatic heterocycles. The van der Waals surface area contributed by atoms with Gasteiger partial charge in [0.2, 0.25) is 0 Å². The molecule has 0 spiro atoms. The van der Waals surface area contributed by atoms with Crippen molar-refractivity contribution in [1.29, 1.82) is 0 Å². The Kier molecular flexibility index (Phi) is 4.80. The minimum absolute atomic E-state index is 0.0101.